The number of hydrogen-bond acceptors (Lipinski definition) is 6. The molecule has 1 aromatic carbocycles. The molecule has 0 saturated carbocycles. The maximum Gasteiger partial charge on any atom is 0.432 e. The van der Waals surface area contributed by atoms with Crippen molar-refractivity contribution in [3.8, 4) is 0 Å². The highest BCUT2D eigenvalue weighted by molar-refractivity contribution is 9.10. The minimum atomic E-state index is -1.37. The monoisotopic (exact) mass is 455 g/mol. The second-order valence-electron chi connectivity index (χ2n) is 7.98. The van der Waals surface area contributed by atoms with Crippen molar-refractivity contribution < 1.29 is 29.0 Å². The molecule has 0 bridgehead atoms. The van der Waals surface area contributed by atoms with Crippen LogP contribution < -0.4 is 4.90 Å². The quantitative estimate of drug-likeness (QED) is 0.643. The first-order valence-corrected chi connectivity index (χ1v) is 9.16. The molecule has 2 aromatic rings. The zero-order chi connectivity index (χ0) is 21.4. The molecular weight excluding hydrogens is 434 g/mol. The highest BCUT2D eigenvalue weighted by Crippen LogP contribution is 2.31. The summed E-state index contributed by atoms with van der Waals surface area (Å²) in [4.78, 5) is 37.7. The largest absolute Gasteiger partial charge is 0.463 e. The lowest BCUT2D eigenvalue weighted by Gasteiger charge is -2.27. The second kappa shape index (κ2) is 7.42. The van der Waals surface area contributed by atoms with Gasteiger partial charge in [-0.3, -0.25) is 0 Å². The number of carboxylic acid groups (broad SMARTS) is 1. The van der Waals surface area contributed by atoms with E-state index in [4.69, 9.17) is 9.47 Å². The zero-order valence-corrected chi connectivity index (χ0v) is 18.0. The van der Waals surface area contributed by atoms with E-state index in [2.05, 4.69) is 21.0 Å². The lowest BCUT2D eigenvalue weighted by Crippen LogP contribution is -2.44. The lowest BCUT2D eigenvalue weighted by atomic mass is 10.2. The first-order chi connectivity index (χ1) is 12.7. The number of carbonyl (C=O) groups excluding carboxylic acids is 2. The van der Waals surface area contributed by atoms with E-state index in [1.165, 1.54) is 6.07 Å². The number of ether oxygens (including phenoxy) is 2. The Kier molecular flexibility index (Phi) is 5.74. The summed E-state index contributed by atoms with van der Waals surface area (Å²) in [6, 6.07) is 4.70. The van der Waals surface area contributed by atoms with Gasteiger partial charge in [0.1, 0.15) is 11.2 Å². The van der Waals surface area contributed by atoms with Gasteiger partial charge in [-0.25, -0.2) is 14.4 Å². The van der Waals surface area contributed by atoms with Gasteiger partial charge in [-0.05, 0) is 59.7 Å². The molecule has 2 amide bonds. The highest BCUT2D eigenvalue weighted by atomic mass is 79.9. The predicted molar refractivity (Wildman–Crippen MR) is 106 cm³/mol. The number of nitrogens with zero attached hydrogens (tertiary/aromatic N) is 3. The molecule has 0 fully saturated rings. The number of benzene rings is 1. The fraction of sp³-hybridized carbons (Fsp3) is 0.444. The summed E-state index contributed by atoms with van der Waals surface area (Å²) in [5.41, 5.74) is -1.61. The van der Waals surface area contributed by atoms with Gasteiger partial charge >= 0.3 is 18.3 Å². The van der Waals surface area contributed by atoms with Crippen molar-refractivity contribution in [1.29, 1.82) is 0 Å². The second-order valence-corrected chi connectivity index (χ2v) is 8.89. The molecule has 0 atom stereocenters. The maximum absolute atomic E-state index is 12.8. The first-order valence-electron chi connectivity index (χ1n) is 8.37. The minimum Gasteiger partial charge on any atom is -0.463 e. The summed E-state index contributed by atoms with van der Waals surface area (Å²) in [6.45, 7) is 9.85. The molecule has 1 N–H and O–H groups in total. The van der Waals surface area contributed by atoms with Crippen LogP contribution in [-0.2, 0) is 9.47 Å². The topological polar surface area (TPSA) is 111 Å². The Morgan fingerprint density at radius 3 is 1.96 bits per heavy atom. The average Bonchev–Trinajstić information content (AvgIpc) is 2.82. The van der Waals surface area contributed by atoms with Crippen molar-refractivity contribution in [3.05, 3.63) is 22.7 Å². The van der Waals surface area contributed by atoms with Gasteiger partial charge < -0.3 is 14.6 Å². The Balaban J connectivity index is 2.68. The molecule has 9 nitrogen and oxygen atoms in total. The van der Waals surface area contributed by atoms with Crippen LogP contribution in [0.3, 0.4) is 0 Å². The number of fused-ring (bicyclic) bond motifs is 1. The Morgan fingerprint density at radius 1 is 1.04 bits per heavy atom. The van der Waals surface area contributed by atoms with Gasteiger partial charge in [-0.2, -0.15) is 9.58 Å². The standard InChI is InChI=1S/C18H22BrN3O6/c1-17(2,3)27-15(25)21(16(26)28-18(4,5)6)13-11-8-7-10(19)9-12(11)22(20-13)14(23)24/h7-9H,1-6H3,(H,23,24). The SMILES string of the molecule is CC(C)(C)OC(=O)N(C(=O)OC(C)(C)C)c1nn(C(=O)O)c2cc(Br)ccc12. The third-order valence-corrected chi connectivity index (χ3v) is 3.66. The molecular formula is C18H22BrN3O6. The summed E-state index contributed by atoms with van der Waals surface area (Å²) in [5.74, 6) is -0.201. The van der Waals surface area contributed by atoms with Crippen LogP contribution in [0.4, 0.5) is 20.2 Å². The van der Waals surface area contributed by atoms with Gasteiger partial charge in [0.25, 0.3) is 0 Å². The number of imide groups is 1. The Labute approximate surface area is 170 Å². The minimum absolute atomic E-state index is 0.189. The van der Waals surface area contributed by atoms with Crippen molar-refractivity contribution in [1.82, 2.24) is 9.78 Å². The van der Waals surface area contributed by atoms with Crippen LogP contribution in [0.2, 0.25) is 0 Å². The molecule has 152 valence electrons. The van der Waals surface area contributed by atoms with E-state index in [1.54, 1.807) is 53.7 Å². The van der Waals surface area contributed by atoms with Gasteiger partial charge in [0.15, 0.2) is 5.82 Å². The molecule has 28 heavy (non-hydrogen) atoms. The van der Waals surface area contributed by atoms with E-state index in [1.807, 2.05) is 0 Å². The summed E-state index contributed by atoms with van der Waals surface area (Å²) in [6.07, 6.45) is -3.43. The Hall–Kier alpha value is -2.62. The summed E-state index contributed by atoms with van der Waals surface area (Å²) in [7, 11) is 0. The molecule has 0 saturated heterocycles. The third kappa shape index (κ3) is 5.00. The predicted octanol–water partition coefficient (Wildman–Crippen LogP) is 5.00. The normalized spacial score (nSPS) is 12.0. The zero-order valence-electron chi connectivity index (χ0n) is 16.4. The number of rotatable bonds is 1. The summed E-state index contributed by atoms with van der Waals surface area (Å²) >= 11 is 3.27. The van der Waals surface area contributed by atoms with Crippen LogP contribution in [-0.4, -0.2) is 44.4 Å². The molecule has 1 aromatic heterocycles. The van der Waals surface area contributed by atoms with Gasteiger partial charge in [0.05, 0.1) is 5.52 Å². The fourth-order valence-corrected chi connectivity index (χ4v) is 2.59. The lowest BCUT2D eigenvalue weighted by molar-refractivity contribution is 0.0429. The van der Waals surface area contributed by atoms with Crippen LogP contribution in [0, 0.1) is 0 Å². The third-order valence-electron chi connectivity index (χ3n) is 3.17. The van der Waals surface area contributed by atoms with Gasteiger partial charge in [-0.15, -0.1) is 5.10 Å². The van der Waals surface area contributed by atoms with Crippen LogP contribution in [0.25, 0.3) is 10.9 Å². The fourth-order valence-electron chi connectivity index (χ4n) is 2.25. The van der Waals surface area contributed by atoms with E-state index in [0.717, 1.165) is 0 Å². The van der Waals surface area contributed by atoms with E-state index >= 15 is 0 Å². The first kappa shape index (κ1) is 21.7. The number of aromatic nitrogens is 2. The van der Waals surface area contributed by atoms with Gasteiger partial charge in [0, 0.05) is 9.86 Å². The van der Waals surface area contributed by atoms with E-state index in [-0.39, 0.29) is 16.7 Å². The van der Waals surface area contributed by atoms with Crippen LogP contribution in [0.1, 0.15) is 41.5 Å². The molecule has 0 aliphatic heterocycles. The summed E-state index contributed by atoms with van der Waals surface area (Å²) < 4.78 is 11.9. The Morgan fingerprint density at radius 2 is 1.54 bits per heavy atom. The smallest absolute Gasteiger partial charge is 0.432 e. The molecule has 10 heteroatoms. The van der Waals surface area contributed by atoms with Gasteiger partial charge in [0.2, 0.25) is 0 Å². The molecule has 0 spiro atoms. The van der Waals surface area contributed by atoms with E-state index < -0.39 is 29.5 Å². The van der Waals surface area contributed by atoms with Crippen molar-refractivity contribution >= 4 is 50.9 Å². The molecule has 0 aliphatic carbocycles. The summed E-state index contributed by atoms with van der Waals surface area (Å²) in [5, 5.41) is 13.7. The number of amides is 2. The van der Waals surface area contributed by atoms with Crippen molar-refractivity contribution in [3.63, 3.8) is 0 Å². The number of halogens is 1. The Bertz CT molecular complexity index is 911. The molecule has 0 unspecified atom stereocenters. The van der Waals surface area contributed by atoms with E-state index in [0.29, 0.717) is 14.1 Å². The van der Waals surface area contributed by atoms with Crippen LogP contribution in [0.15, 0.2) is 22.7 Å². The highest BCUT2D eigenvalue weighted by Gasteiger charge is 2.36. The van der Waals surface area contributed by atoms with Crippen LogP contribution >= 0.6 is 15.9 Å². The molecule has 0 radical (unpaired) electrons. The van der Waals surface area contributed by atoms with E-state index in [9.17, 15) is 19.5 Å². The number of anilines is 1. The van der Waals surface area contributed by atoms with Crippen molar-refractivity contribution in [2.45, 2.75) is 52.7 Å². The number of carbonyl (C=O) groups is 3. The molecule has 1 heterocycles. The number of hydrogen-bond donors (Lipinski definition) is 1. The van der Waals surface area contributed by atoms with Crippen LogP contribution in [0.5, 0.6) is 0 Å². The molecule has 0 aliphatic rings. The molecule has 2 rings (SSSR count). The average molecular weight is 456 g/mol. The van der Waals surface area contributed by atoms with Crippen molar-refractivity contribution in [2.75, 3.05) is 4.90 Å². The maximum atomic E-state index is 12.8. The van der Waals surface area contributed by atoms with Crippen molar-refractivity contribution in [2.24, 2.45) is 0 Å². The van der Waals surface area contributed by atoms with Gasteiger partial charge in [-0.1, -0.05) is 15.9 Å².